The van der Waals surface area contributed by atoms with Crippen molar-refractivity contribution in [1.29, 1.82) is 0 Å². The summed E-state index contributed by atoms with van der Waals surface area (Å²) < 4.78 is 16.8. The Morgan fingerprint density at radius 1 is 0.328 bits per heavy atom. The SMILES string of the molecule is CCCCC/C=C\C/C=C\CCCCCCCC(=O)OC[C@@H](COC(=O)CCCCCCC/C=C\CCCCCC)OC(=O)CCCCCCC/C=C\C/C=C\CCCCC. The molecule has 0 amide bonds. The fourth-order valence-electron chi connectivity index (χ4n) is 7.03. The summed E-state index contributed by atoms with van der Waals surface area (Å²) in [4.78, 5) is 37.9. The highest BCUT2D eigenvalue weighted by Gasteiger charge is 2.19. The van der Waals surface area contributed by atoms with Crippen LogP contribution in [0.25, 0.3) is 0 Å². The Morgan fingerprint density at radius 2 is 0.590 bits per heavy atom. The van der Waals surface area contributed by atoms with Crippen molar-refractivity contribution in [2.45, 2.75) is 258 Å². The summed E-state index contributed by atoms with van der Waals surface area (Å²) in [5.41, 5.74) is 0. The van der Waals surface area contributed by atoms with E-state index in [1.54, 1.807) is 0 Å². The highest BCUT2D eigenvalue weighted by molar-refractivity contribution is 5.71. The second-order valence-corrected chi connectivity index (χ2v) is 17.1. The number of rotatable bonds is 46. The first kappa shape index (κ1) is 58.1. The molecule has 0 N–H and O–H groups in total. The molecule has 0 aliphatic carbocycles. The number of carbonyl (C=O) groups excluding carboxylic acids is 3. The molecule has 0 aromatic rings. The lowest BCUT2D eigenvalue weighted by Crippen LogP contribution is -2.30. The number of ether oxygens (including phenoxy) is 3. The van der Waals surface area contributed by atoms with Gasteiger partial charge in [0.1, 0.15) is 13.2 Å². The molecule has 6 nitrogen and oxygen atoms in total. The van der Waals surface area contributed by atoms with Crippen molar-refractivity contribution >= 4 is 17.9 Å². The fraction of sp³-hybridized carbons (Fsp3) is 0.764. The Labute approximate surface area is 377 Å². The van der Waals surface area contributed by atoms with Gasteiger partial charge in [0.2, 0.25) is 0 Å². The Kier molecular flexibility index (Phi) is 47.4. The van der Waals surface area contributed by atoms with Crippen molar-refractivity contribution in [2.24, 2.45) is 0 Å². The molecule has 0 aliphatic rings. The highest BCUT2D eigenvalue weighted by Crippen LogP contribution is 2.13. The maximum Gasteiger partial charge on any atom is 0.306 e. The van der Waals surface area contributed by atoms with Gasteiger partial charge in [0.05, 0.1) is 0 Å². The average molecular weight is 853 g/mol. The second kappa shape index (κ2) is 49.8. The smallest absolute Gasteiger partial charge is 0.306 e. The van der Waals surface area contributed by atoms with Crippen LogP contribution in [0.2, 0.25) is 0 Å². The maximum absolute atomic E-state index is 12.8. The molecule has 0 spiro atoms. The van der Waals surface area contributed by atoms with Crippen molar-refractivity contribution in [2.75, 3.05) is 13.2 Å². The lowest BCUT2D eigenvalue weighted by molar-refractivity contribution is -0.167. The molecule has 0 fully saturated rings. The summed E-state index contributed by atoms with van der Waals surface area (Å²) >= 11 is 0. The summed E-state index contributed by atoms with van der Waals surface area (Å²) in [7, 11) is 0. The summed E-state index contributed by atoms with van der Waals surface area (Å²) in [5.74, 6) is -0.922. The summed E-state index contributed by atoms with van der Waals surface area (Å²) in [6, 6.07) is 0. The Bertz CT molecular complexity index is 1120. The minimum absolute atomic E-state index is 0.0888. The van der Waals surface area contributed by atoms with Gasteiger partial charge in [0.25, 0.3) is 0 Å². The van der Waals surface area contributed by atoms with Gasteiger partial charge in [0.15, 0.2) is 6.10 Å². The Balaban J connectivity index is 4.44. The molecule has 0 radical (unpaired) electrons. The first-order valence-electron chi connectivity index (χ1n) is 25.8. The number of hydrogen-bond acceptors (Lipinski definition) is 6. The van der Waals surface area contributed by atoms with Crippen LogP contribution in [0.5, 0.6) is 0 Å². The average Bonchev–Trinajstić information content (AvgIpc) is 3.26. The van der Waals surface area contributed by atoms with E-state index in [9.17, 15) is 14.4 Å². The molecule has 0 saturated heterocycles. The highest BCUT2D eigenvalue weighted by atomic mass is 16.6. The minimum Gasteiger partial charge on any atom is -0.462 e. The van der Waals surface area contributed by atoms with Crippen LogP contribution in [0.3, 0.4) is 0 Å². The quantitative estimate of drug-likeness (QED) is 0.0263. The van der Waals surface area contributed by atoms with Crippen LogP contribution >= 0.6 is 0 Å². The molecular formula is C55H96O6. The largest absolute Gasteiger partial charge is 0.462 e. The van der Waals surface area contributed by atoms with E-state index in [1.807, 2.05) is 0 Å². The van der Waals surface area contributed by atoms with E-state index in [0.29, 0.717) is 19.3 Å². The zero-order chi connectivity index (χ0) is 44.4. The van der Waals surface area contributed by atoms with Crippen LogP contribution in [-0.4, -0.2) is 37.2 Å². The van der Waals surface area contributed by atoms with Crippen LogP contribution < -0.4 is 0 Å². The van der Waals surface area contributed by atoms with Crippen molar-refractivity contribution in [1.82, 2.24) is 0 Å². The van der Waals surface area contributed by atoms with Crippen molar-refractivity contribution in [3.8, 4) is 0 Å². The van der Waals surface area contributed by atoms with Crippen LogP contribution in [0.1, 0.15) is 252 Å². The molecule has 1 atom stereocenters. The van der Waals surface area contributed by atoms with Gasteiger partial charge in [-0.15, -0.1) is 0 Å². The molecule has 0 heterocycles. The van der Waals surface area contributed by atoms with Crippen molar-refractivity contribution in [3.05, 3.63) is 60.8 Å². The number of carbonyl (C=O) groups is 3. The molecule has 352 valence electrons. The van der Waals surface area contributed by atoms with Crippen molar-refractivity contribution in [3.63, 3.8) is 0 Å². The van der Waals surface area contributed by atoms with E-state index in [1.165, 1.54) is 103 Å². The number of esters is 3. The first-order chi connectivity index (χ1) is 30.0. The number of hydrogen-bond donors (Lipinski definition) is 0. The Hall–Kier alpha value is -2.89. The molecule has 0 aromatic heterocycles. The first-order valence-corrected chi connectivity index (χ1v) is 25.8. The van der Waals surface area contributed by atoms with Crippen LogP contribution in [0.15, 0.2) is 60.8 Å². The van der Waals surface area contributed by atoms with Gasteiger partial charge in [-0.05, 0) is 109 Å². The normalized spacial score (nSPS) is 12.5. The zero-order valence-electron chi connectivity index (χ0n) is 40.2. The van der Waals surface area contributed by atoms with E-state index < -0.39 is 6.10 Å². The van der Waals surface area contributed by atoms with E-state index >= 15 is 0 Å². The molecule has 61 heavy (non-hydrogen) atoms. The molecule has 0 rings (SSSR count). The second-order valence-electron chi connectivity index (χ2n) is 17.1. The number of unbranched alkanes of at least 4 members (excludes halogenated alkanes) is 25. The van der Waals surface area contributed by atoms with Gasteiger partial charge < -0.3 is 14.2 Å². The van der Waals surface area contributed by atoms with Gasteiger partial charge in [-0.2, -0.15) is 0 Å². The minimum atomic E-state index is -0.789. The monoisotopic (exact) mass is 853 g/mol. The predicted molar refractivity (Wildman–Crippen MR) is 261 cm³/mol. The summed E-state index contributed by atoms with van der Waals surface area (Å²) in [5, 5.41) is 0. The third kappa shape index (κ3) is 48.0. The van der Waals surface area contributed by atoms with E-state index in [4.69, 9.17) is 14.2 Å². The third-order valence-corrected chi connectivity index (χ3v) is 11.0. The fourth-order valence-corrected chi connectivity index (χ4v) is 7.03. The molecule has 0 unspecified atom stereocenters. The standard InChI is InChI=1S/C55H96O6/c1-4-7-10-13-16-19-22-25-27-30-33-36-39-42-45-48-54(57)60-51-52(50-59-53(56)47-44-41-38-35-32-29-24-21-18-15-12-9-6-3)61-55(58)49-46-43-40-37-34-31-28-26-23-20-17-14-11-8-5-2/h16-17,19-21,24-28,52H,4-15,18,22-23,29-51H2,1-3H3/b19-16-,20-17-,24-21-,27-25-,28-26-/t52-/m1/s1. The molecule has 0 bridgehead atoms. The summed E-state index contributed by atoms with van der Waals surface area (Å²) in [6.07, 6.45) is 60.5. The van der Waals surface area contributed by atoms with E-state index in [-0.39, 0.29) is 31.1 Å². The lowest BCUT2D eigenvalue weighted by atomic mass is 10.1. The Morgan fingerprint density at radius 3 is 0.951 bits per heavy atom. The topological polar surface area (TPSA) is 78.9 Å². The molecule has 0 aliphatic heterocycles. The predicted octanol–water partition coefficient (Wildman–Crippen LogP) is 16.9. The van der Waals surface area contributed by atoms with Crippen LogP contribution in [-0.2, 0) is 28.6 Å². The molecule has 0 saturated carbocycles. The molecule has 0 aromatic carbocycles. The molecule has 6 heteroatoms. The van der Waals surface area contributed by atoms with Crippen LogP contribution in [0, 0.1) is 0 Å². The van der Waals surface area contributed by atoms with E-state index in [0.717, 1.165) is 109 Å². The summed E-state index contributed by atoms with van der Waals surface area (Å²) in [6.45, 7) is 6.54. The van der Waals surface area contributed by atoms with E-state index in [2.05, 4.69) is 81.5 Å². The van der Waals surface area contributed by atoms with Gasteiger partial charge in [-0.3, -0.25) is 14.4 Å². The van der Waals surface area contributed by atoms with Gasteiger partial charge in [0, 0.05) is 19.3 Å². The van der Waals surface area contributed by atoms with Crippen LogP contribution in [0.4, 0.5) is 0 Å². The third-order valence-electron chi connectivity index (χ3n) is 11.0. The van der Waals surface area contributed by atoms with Gasteiger partial charge in [-0.25, -0.2) is 0 Å². The number of allylic oxidation sites excluding steroid dienone is 10. The molecular weight excluding hydrogens is 757 g/mol. The zero-order valence-corrected chi connectivity index (χ0v) is 40.2. The van der Waals surface area contributed by atoms with Crippen molar-refractivity contribution < 1.29 is 28.6 Å². The lowest BCUT2D eigenvalue weighted by Gasteiger charge is -2.18. The van der Waals surface area contributed by atoms with Gasteiger partial charge in [-0.1, -0.05) is 184 Å². The van der Waals surface area contributed by atoms with Gasteiger partial charge >= 0.3 is 17.9 Å². The maximum atomic E-state index is 12.8.